The molecule has 0 bridgehead atoms. The van der Waals surface area contributed by atoms with Gasteiger partial charge in [0.15, 0.2) is 0 Å². The average molecular weight is 278 g/mol. The third-order valence-electron chi connectivity index (χ3n) is 2.49. The molecular formula is C13H8F2N2O3. The summed E-state index contributed by atoms with van der Waals surface area (Å²) < 4.78 is 26.1. The number of nitrogens with one attached hydrogen (secondary N) is 1. The predicted molar refractivity (Wildman–Crippen MR) is 67.4 cm³/mol. The Bertz CT molecular complexity index is 689. The number of carbonyl (C=O) groups excluding carboxylic acids is 1. The SMILES string of the molecule is O=C(Nc1cccc([N+](=O)[O-])c1)c1ccc(F)cc1F. The van der Waals surface area contributed by atoms with Gasteiger partial charge in [-0.2, -0.15) is 0 Å². The lowest BCUT2D eigenvalue weighted by atomic mass is 10.2. The van der Waals surface area contributed by atoms with Gasteiger partial charge in [0, 0.05) is 23.9 Å². The molecule has 102 valence electrons. The van der Waals surface area contributed by atoms with Crippen LogP contribution in [-0.4, -0.2) is 10.8 Å². The van der Waals surface area contributed by atoms with Crippen LogP contribution >= 0.6 is 0 Å². The standard InChI is InChI=1S/C13H8F2N2O3/c14-8-4-5-11(12(15)6-8)13(18)16-9-2-1-3-10(7-9)17(19)20/h1-7H,(H,16,18). The van der Waals surface area contributed by atoms with Crippen LogP contribution in [0, 0.1) is 21.7 Å². The number of halogens is 2. The summed E-state index contributed by atoms with van der Waals surface area (Å²) >= 11 is 0. The number of benzene rings is 2. The van der Waals surface area contributed by atoms with Crippen LogP contribution in [0.5, 0.6) is 0 Å². The minimum absolute atomic E-state index is 0.146. The van der Waals surface area contributed by atoms with Gasteiger partial charge in [0.2, 0.25) is 0 Å². The summed E-state index contributed by atoms with van der Waals surface area (Å²) in [6.07, 6.45) is 0. The first-order chi connectivity index (χ1) is 9.47. The predicted octanol–water partition coefficient (Wildman–Crippen LogP) is 3.13. The maximum atomic E-state index is 13.4. The third kappa shape index (κ3) is 2.94. The molecule has 0 fully saturated rings. The largest absolute Gasteiger partial charge is 0.322 e. The van der Waals surface area contributed by atoms with Crippen LogP contribution in [0.25, 0.3) is 0 Å². The van der Waals surface area contributed by atoms with Gasteiger partial charge in [-0.05, 0) is 18.2 Å². The molecule has 20 heavy (non-hydrogen) atoms. The molecule has 1 amide bonds. The summed E-state index contributed by atoms with van der Waals surface area (Å²) in [5.74, 6) is -2.62. The first kappa shape index (κ1) is 13.6. The van der Waals surface area contributed by atoms with Crippen molar-refractivity contribution in [1.29, 1.82) is 0 Å². The molecule has 2 aromatic carbocycles. The van der Waals surface area contributed by atoms with Crippen molar-refractivity contribution in [3.63, 3.8) is 0 Å². The van der Waals surface area contributed by atoms with Crippen molar-refractivity contribution >= 4 is 17.3 Å². The number of rotatable bonds is 3. The first-order valence-corrected chi connectivity index (χ1v) is 5.48. The van der Waals surface area contributed by atoms with E-state index in [0.717, 1.165) is 18.2 Å². The molecule has 0 heterocycles. The minimum atomic E-state index is -1.01. The number of hydrogen-bond donors (Lipinski definition) is 1. The van der Waals surface area contributed by atoms with E-state index in [1.165, 1.54) is 18.2 Å². The highest BCUT2D eigenvalue weighted by molar-refractivity contribution is 6.04. The lowest BCUT2D eigenvalue weighted by molar-refractivity contribution is -0.384. The number of amides is 1. The molecule has 0 atom stereocenters. The molecule has 0 radical (unpaired) electrons. The number of non-ortho nitro benzene ring substituents is 1. The Hall–Kier alpha value is -2.83. The third-order valence-corrected chi connectivity index (χ3v) is 2.49. The monoisotopic (exact) mass is 278 g/mol. The Kier molecular flexibility index (Phi) is 3.69. The van der Waals surface area contributed by atoms with E-state index in [-0.39, 0.29) is 16.9 Å². The fraction of sp³-hybridized carbons (Fsp3) is 0. The fourth-order valence-corrected chi connectivity index (χ4v) is 1.57. The van der Waals surface area contributed by atoms with E-state index in [1.807, 2.05) is 0 Å². The highest BCUT2D eigenvalue weighted by atomic mass is 19.1. The second-order valence-electron chi connectivity index (χ2n) is 3.89. The van der Waals surface area contributed by atoms with Crippen LogP contribution in [0.1, 0.15) is 10.4 Å². The Morgan fingerprint density at radius 2 is 1.90 bits per heavy atom. The molecule has 0 saturated carbocycles. The second-order valence-corrected chi connectivity index (χ2v) is 3.89. The van der Waals surface area contributed by atoms with Crippen molar-refractivity contribution in [1.82, 2.24) is 0 Å². The quantitative estimate of drug-likeness (QED) is 0.692. The highest BCUT2D eigenvalue weighted by Crippen LogP contribution is 2.18. The molecule has 0 unspecified atom stereocenters. The van der Waals surface area contributed by atoms with Gasteiger partial charge >= 0.3 is 0 Å². The van der Waals surface area contributed by atoms with Crippen LogP contribution in [0.4, 0.5) is 20.2 Å². The zero-order valence-electron chi connectivity index (χ0n) is 9.97. The summed E-state index contributed by atoms with van der Waals surface area (Å²) in [6, 6.07) is 7.74. The summed E-state index contributed by atoms with van der Waals surface area (Å²) in [7, 11) is 0. The molecule has 0 aliphatic carbocycles. The zero-order chi connectivity index (χ0) is 14.7. The van der Waals surface area contributed by atoms with Crippen LogP contribution in [0.2, 0.25) is 0 Å². The van der Waals surface area contributed by atoms with E-state index >= 15 is 0 Å². The van der Waals surface area contributed by atoms with Crippen molar-refractivity contribution < 1.29 is 18.5 Å². The minimum Gasteiger partial charge on any atom is -0.322 e. The fourth-order valence-electron chi connectivity index (χ4n) is 1.57. The Labute approximate surface area is 112 Å². The lowest BCUT2D eigenvalue weighted by Crippen LogP contribution is -2.14. The van der Waals surface area contributed by atoms with Gasteiger partial charge in [-0.1, -0.05) is 6.07 Å². The van der Waals surface area contributed by atoms with Gasteiger partial charge in [0.05, 0.1) is 10.5 Å². The van der Waals surface area contributed by atoms with E-state index in [9.17, 15) is 23.7 Å². The number of nitrogens with zero attached hydrogens (tertiary/aromatic N) is 1. The highest BCUT2D eigenvalue weighted by Gasteiger charge is 2.14. The molecule has 0 spiro atoms. The van der Waals surface area contributed by atoms with Crippen molar-refractivity contribution in [2.75, 3.05) is 5.32 Å². The van der Waals surface area contributed by atoms with E-state index < -0.39 is 22.5 Å². The Morgan fingerprint density at radius 1 is 1.15 bits per heavy atom. The van der Waals surface area contributed by atoms with Crippen LogP contribution < -0.4 is 5.32 Å². The first-order valence-electron chi connectivity index (χ1n) is 5.48. The maximum Gasteiger partial charge on any atom is 0.271 e. The summed E-state index contributed by atoms with van der Waals surface area (Å²) in [5, 5.41) is 12.9. The molecular weight excluding hydrogens is 270 g/mol. The van der Waals surface area contributed by atoms with E-state index in [0.29, 0.717) is 6.07 Å². The van der Waals surface area contributed by atoms with Crippen molar-refractivity contribution in [3.8, 4) is 0 Å². The summed E-state index contributed by atoms with van der Waals surface area (Å²) in [5.41, 5.74) is -0.409. The number of carbonyl (C=O) groups is 1. The molecule has 0 saturated heterocycles. The van der Waals surface area contributed by atoms with Gasteiger partial charge in [-0.25, -0.2) is 8.78 Å². The number of nitro groups is 1. The Balaban J connectivity index is 2.23. The number of hydrogen-bond acceptors (Lipinski definition) is 3. The normalized spacial score (nSPS) is 10.1. The Morgan fingerprint density at radius 3 is 2.55 bits per heavy atom. The van der Waals surface area contributed by atoms with Crippen molar-refractivity contribution in [3.05, 3.63) is 69.8 Å². The number of nitro benzene ring substituents is 1. The van der Waals surface area contributed by atoms with Crippen LogP contribution in [-0.2, 0) is 0 Å². The van der Waals surface area contributed by atoms with Crippen molar-refractivity contribution in [2.24, 2.45) is 0 Å². The lowest BCUT2D eigenvalue weighted by Gasteiger charge is -2.06. The van der Waals surface area contributed by atoms with E-state index in [4.69, 9.17) is 0 Å². The summed E-state index contributed by atoms with van der Waals surface area (Å²) in [6.45, 7) is 0. The average Bonchev–Trinajstić information content (AvgIpc) is 2.38. The van der Waals surface area contributed by atoms with Crippen LogP contribution in [0.15, 0.2) is 42.5 Å². The zero-order valence-corrected chi connectivity index (χ0v) is 9.97. The smallest absolute Gasteiger partial charge is 0.271 e. The van der Waals surface area contributed by atoms with Gasteiger partial charge in [-0.15, -0.1) is 0 Å². The topological polar surface area (TPSA) is 72.2 Å². The second kappa shape index (κ2) is 5.43. The maximum absolute atomic E-state index is 13.4. The van der Waals surface area contributed by atoms with Gasteiger partial charge < -0.3 is 5.32 Å². The van der Waals surface area contributed by atoms with Crippen LogP contribution in [0.3, 0.4) is 0 Å². The molecule has 0 aromatic heterocycles. The molecule has 5 nitrogen and oxygen atoms in total. The number of anilines is 1. The molecule has 2 aromatic rings. The molecule has 7 heteroatoms. The molecule has 0 aliphatic heterocycles. The van der Waals surface area contributed by atoms with E-state index in [1.54, 1.807) is 0 Å². The molecule has 0 aliphatic rings. The molecule has 1 N–H and O–H groups in total. The van der Waals surface area contributed by atoms with Crippen molar-refractivity contribution in [2.45, 2.75) is 0 Å². The summed E-state index contributed by atoms with van der Waals surface area (Å²) in [4.78, 5) is 21.8. The van der Waals surface area contributed by atoms with Gasteiger partial charge in [0.25, 0.3) is 11.6 Å². The van der Waals surface area contributed by atoms with E-state index in [2.05, 4.69) is 5.32 Å². The molecule has 2 rings (SSSR count). The van der Waals surface area contributed by atoms with Gasteiger partial charge in [0.1, 0.15) is 11.6 Å². The van der Waals surface area contributed by atoms with Gasteiger partial charge in [-0.3, -0.25) is 14.9 Å².